The van der Waals surface area contributed by atoms with Crippen molar-refractivity contribution in [2.45, 2.75) is 26.3 Å². The Morgan fingerprint density at radius 3 is 2.82 bits per heavy atom. The SMILES string of the molecule is CCC(C)C1C(=O)Nc2ccccc2N1C(=O)c1cc[nH]n1. The van der Waals surface area contributed by atoms with Crippen molar-refractivity contribution in [2.75, 3.05) is 10.2 Å². The molecule has 2 N–H and O–H groups in total. The van der Waals surface area contributed by atoms with Crippen molar-refractivity contribution in [3.63, 3.8) is 0 Å². The van der Waals surface area contributed by atoms with E-state index in [1.807, 2.05) is 32.0 Å². The van der Waals surface area contributed by atoms with Gasteiger partial charge in [-0.05, 0) is 24.1 Å². The number of nitrogens with one attached hydrogen (secondary N) is 2. The zero-order valence-corrected chi connectivity index (χ0v) is 12.5. The van der Waals surface area contributed by atoms with E-state index in [0.717, 1.165) is 6.42 Å². The van der Waals surface area contributed by atoms with E-state index < -0.39 is 6.04 Å². The highest BCUT2D eigenvalue weighted by atomic mass is 16.2. The van der Waals surface area contributed by atoms with Gasteiger partial charge in [-0.1, -0.05) is 32.4 Å². The number of aromatic nitrogens is 2. The average Bonchev–Trinajstić information content (AvgIpc) is 3.06. The second kappa shape index (κ2) is 5.63. The lowest BCUT2D eigenvalue weighted by atomic mass is 9.93. The van der Waals surface area contributed by atoms with Crippen molar-refractivity contribution in [1.82, 2.24) is 10.2 Å². The maximum absolute atomic E-state index is 12.9. The van der Waals surface area contributed by atoms with Gasteiger partial charge in [0.15, 0.2) is 5.69 Å². The molecular formula is C16H18N4O2. The number of carbonyl (C=O) groups is 2. The van der Waals surface area contributed by atoms with E-state index in [2.05, 4.69) is 15.5 Å². The Morgan fingerprint density at radius 1 is 1.36 bits per heavy atom. The van der Waals surface area contributed by atoms with Crippen molar-refractivity contribution in [3.8, 4) is 0 Å². The van der Waals surface area contributed by atoms with E-state index in [1.54, 1.807) is 23.2 Å². The Bertz CT molecular complexity index is 696. The number of carbonyl (C=O) groups excluding carboxylic acids is 2. The molecule has 1 aromatic carbocycles. The van der Waals surface area contributed by atoms with Crippen LogP contribution < -0.4 is 10.2 Å². The third kappa shape index (κ3) is 2.26. The van der Waals surface area contributed by atoms with Crippen LogP contribution in [0.1, 0.15) is 30.8 Å². The van der Waals surface area contributed by atoms with Gasteiger partial charge in [0.25, 0.3) is 5.91 Å². The smallest absolute Gasteiger partial charge is 0.279 e. The maximum atomic E-state index is 12.9. The minimum absolute atomic E-state index is 0.0382. The van der Waals surface area contributed by atoms with Crippen LogP contribution in [-0.4, -0.2) is 28.1 Å². The summed E-state index contributed by atoms with van der Waals surface area (Å²) in [7, 11) is 0. The van der Waals surface area contributed by atoms with Crippen LogP contribution in [0, 0.1) is 5.92 Å². The van der Waals surface area contributed by atoms with Gasteiger partial charge in [-0.25, -0.2) is 0 Å². The molecule has 0 saturated carbocycles. The number of hydrogen-bond donors (Lipinski definition) is 2. The summed E-state index contributed by atoms with van der Waals surface area (Å²) >= 11 is 0. The summed E-state index contributed by atoms with van der Waals surface area (Å²) in [6.45, 7) is 3.98. The van der Waals surface area contributed by atoms with E-state index in [4.69, 9.17) is 0 Å². The van der Waals surface area contributed by atoms with Crippen LogP contribution >= 0.6 is 0 Å². The fourth-order valence-electron chi connectivity index (χ4n) is 2.74. The van der Waals surface area contributed by atoms with Gasteiger partial charge in [-0.15, -0.1) is 0 Å². The lowest BCUT2D eigenvalue weighted by molar-refractivity contribution is -0.118. The van der Waals surface area contributed by atoms with Crippen molar-refractivity contribution >= 4 is 23.2 Å². The van der Waals surface area contributed by atoms with Crippen molar-refractivity contribution in [1.29, 1.82) is 0 Å². The van der Waals surface area contributed by atoms with Crippen LogP contribution in [-0.2, 0) is 4.79 Å². The predicted octanol–water partition coefficient (Wildman–Crippen LogP) is 2.42. The number of rotatable bonds is 3. The summed E-state index contributed by atoms with van der Waals surface area (Å²) in [5.74, 6) is -0.387. The number of nitrogens with zero attached hydrogens (tertiary/aromatic N) is 2. The third-order valence-corrected chi connectivity index (χ3v) is 4.09. The van der Waals surface area contributed by atoms with E-state index in [9.17, 15) is 9.59 Å². The Labute approximate surface area is 128 Å². The molecule has 2 unspecified atom stereocenters. The molecule has 114 valence electrons. The highest BCUT2D eigenvalue weighted by Gasteiger charge is 2.40. The van der Waals surface area contributed by atoms with E-state index >= 15 is 0 Å². The van der Waals surface area contributed by atoms with E-state index in [1.165, 1.54) is 0 Å². The lowest BCUT2D eigenvalue weighted by Crippen LogP contribution is -2.54. The molecule has 2 aromatic rings. The van der Waals surface area contributed by atoms with Crippen LogP contribution in [0.15, 0.2) is 36.5 Å². The lowest BCUT2D eigenvalue weighted by Gasteiger charge is -2.38. The predicted molar refractivity (Wildman–Crippen MR) is 83.7 cm³/mol. The highest BCUT2D eigenvalue weighted by molar-refractivity contribution is 6.16. The molecule has 0 aliphatic carbocycles. The summed E-state index contributed by atoms with van der Waals surface area (Å²) in [5, 5.41) is 9.50. The molecule has 0 fully saturated rings. The third-order valence-electron chi connectivity index (χ3n) is 4.09. The molecule has 2 heterocycles. The summed E-state index contributed by atoms with van der Waals surface area (Å²) in [4.78, 5) is 26.9. The van der Waals surface area contributed by atoms with E-state index in [0.29, 0.717) is 17.1 Å². The van der Waals surface area contributed by atoms with Crippen LogP contribution in [0.5, 0.6) is 0 Å². The fourth-order valence-corrected chi connectivity index (χ4v) is 2.74. The van der Waals surface area contributed by atoms with Crippen LogP contribution in [0.3, 0.4) is 0 Å². The topological polar surface area (TPSA) is 78.1 Å². The number of aromatic amines is 1. The van der Waals surface area contributed by atoms with Gasteiger partial charge in [-0.2, -0.15) is 5.10 Å². The van der Waals surface area contributed by atoms with Crippen molar-refractivity contribution < 1.29 is 9.59 Å². The molecule has 0 spiro atoms. The van der Waals surface area contributed by atoms with Gasteiger partial charge in [0.05, 0.1) is 11.4 Å². The molecule has 1 aromatic heterocycles. The number of benzene rings is 1. The average molecular weight is 298 g/mol. The first-order valence-electron chi connectivity index (χ1n) is 7.36. The minimum Gasteiger partial charge on any atom is -0.322 e. The molecule has 0 bridgehead atoms. The Kier molecular flexibility index (Phi) is 3.66. The number of fused-ring (bicyclic) bond motifs is 1. The fraction of sp³-hybridized carbons (Fsp3) is 0.312. The molecule has 1 aliphatic heterocycles. The molecule has 1 aliphatic rings. The normalized spacial score (nSPS) is 18.5. The zero-order valence-electron chi connectivity index (χ0n) is 12.5. The summed E-state index contributed by atoms with van der Waals surface area (Å²) in [6, 6.07) is 8.41. The van der Waals surface area contributed by atoms with E-state index in [-0.39, 0.29) is 17.7 Å². The number of para-hydroxylation sites is 2. The first-order chi connectivity index (χ1) is 10.6. The molecule has 0 radical (unpaired) electrons. The Balaban J connectivity index is 2.11. The number of hydrogen-bond acceptors (Lipinski definition) is 3. The first kappa shape index (κ1) is 14.3. The van der Waals surface area contributed by atoms with Gasteiger partial charge in [-0.3, -0.25) is 19.6 Å². The molecular weight excluding hydrogens is 280 g/mol. The van der Waals surface area contributed by atoms with Crippen LogP contribution in [0.2, 0.25) is 0 Å². The molecule has 6 heteroatoms. The molecule has 0 saturated heterocycles. The van der Waals surface area contributed by atoms with Crippen molar-refractivity contribution in [3.05, 3.63) is 42.2 Å². The van der Waals surface area contributed by atoms with Crippen LogP contribution in [0.4, 0.5) is 11.4 Å². The quantitative estimate of drug-likeness (QED) is 0.913. The molecule has 3 rings (SSSR count). The second-order valence-electron chi connectivity index (χ2n) is 5.47. The second-order valence-corrected chi connectivity index (χ2v) is 5.47. The molecule has 6 nitrogen and oxygen atoms in total. The van der Waals surface area contributed by atoms with Crippen LogP contribution in [0.25, 0.3) is 0 Å². The first-order valence-corrected chi connectivity index (χ1v) is 7.36. The minimum atomic E-state index is -0.538. The van der Waals surface area contributed by atoms with Gasteiger partial charge >= 0.3 is 0 Å². The highest BCUT2D eigenvalue weighted by Crippen LogP contribution is 2.35. The number of H-pyrrole nitrogens is 1. The molecule has 2 atom stereocenters. The summed E-state index contributed by atoms with van der Waals surface area (Å²) in [5.41, 5.74) is 1.66. The van der Waals surface area contributed by atoms with Crippen molar-refractivity contribution in [2.24, 2.45) is 5.92 Å². The maximum Gasteiger partial charge on any atom is 0.279 e. The largest absolute Gasteiger partial charge is 0.322 e. The van der Waals surface area contributed by atoms with Gasteiger partial charge < -0.3 is 5.32 Å². The molecule has 22 heavy (non-hydrogen) atoms. The Morgan fingerprint density at radius 2 is 2.14 bits per heavy atom. The number of anilines is 2. The standard InChI is InChI=1S/C16H18N4O2/c1-3-10(2)14-15(21)18-11-6-4-5-7-13(11)20(14)16(22)12-8-9-17-19-12/h4-10,14H,3H2,1-2H3,(H,17,19)(H,18,21). The monoisotopic (exact) mass is 298 g/mol. The summed E-state index contributed by atoms with van der Waals surface area (Å²) in [6.07, 6.45) is 2.39. The number of amides is 2. The molecule has 2 amide bonds. The van der Waals surface area contributed by atoms with Gasteiger partial charge in [0.2, 0.25) is 5.91 Å². The summed E-state index contributed by atoms with van der Waals surface area (Å²) < 4.78 is 0. The van der Waals surface area contributed by atoms with Gasteiger partial charge in [0.1, 0.15) is 6.04 Å². The zero-order chi connectivity index (χ0) is 15.7. The Hall–Kier alpha value is -2.63. The van der Waals surface area contributed by atoms with Gasteiger partial charge in [0, 0.05) is 6.20 Å².